The molecule has 2 aromatic heterocycles. The van der Waals surface area contributed by atoms with Gasteiger partial charge in [-0.15, -0.1) is 11.3 Å². The van der Waals surface area contributed by atoms with Crippen LogP contribution in [0, 0.1) is 0 Å². The average Bonchev–Trinajstić information content (AvgIpc) is 3.28. The van der Waals surface area contributed by atoms with Crippen LogP contribution in [0.2, 0.25) is 0 Å². The van der Waals surface area contributed by atoms with E-state index in [0.29, 0.717) is 35.0 Å². The van der Waals surface area contributed by atoms with E-state index in [4.69, 9.17) is 4.74 Å². The number of anilines is 1. The molecule has 7 heteroatoms. The molecule has 0 unspecified atom stereocenters. The van der Waals surface area contributed by atoms with E-state index < -0.39 is 0 Å². The first-order valence-corrected chi connectivity index (χ1v) is 11.4. The maximum absolute atomic E-state index is 13.1. The van der Waals surface area contributed by atoms with E-state index >= 15 is 0 Å². The smallest absolute Gasteiger partial charge is 0.269 e. The zero-order valence-electron chi connectivity index (χ0n) is 18.1. The van der Waals surface area contributed by atoms with Crippen molar-refractivity contribution in [1.82, 2.24) is 10.3 Å². The summed E-state index contributed by atoms with van der Waals surface area (Å²) < 4.78 is 5.71. The molecular formula is C26H23N3O3S. The van der Waals surface area contributed by atoms with Crippen LogP contribution in [-0.4, -0.2) is 23.4 Å². The fraction of sp³-hybridized carbons (Fsp3) is 0.115. The van der Waals surface area contributed by atoms with E-state index in [1.54, 1.807) is 30.5 Å². The molecule has 0 spiro atoms. The summed E-state index contributed by atoms with van der Waals surface area (Å²) in [6, 6.07) is 24.1. The molecule has 0 radical (unpaired) electrons. The zero-order chi connectivity index (χ0) is 23.0. The lowest BCUT2D eigenvalue weighted by Gasteiger charge is -2.09. The van der Waals surface area contributed by atoms with Gasteiger partial charge in [0.1, 0.15) is 10.6 Å². The van der Waals surface area contributed by atoms with Gasteiger partial charge in [0.05, 0.1) is 18.8 Å². The third-order valence-corrected chi connectivity index (χ3v) is 5.97. The Morgan fingerprint density at radius 2 is 1.76 bits per heavy atom. The van der Waals surface area contributed by atoms with Crippen LogP contribution in [0.3, 0.4) is 0 Å². The Bertz CT molecular complexity index is 1240. The van der Waals surface area contributed by atoms with Crippen LogP contribution in [0.15, 0.2) is 85.1 Å². The number of hydrogen-bond donors (Lipinski definition) is 2. The van der Waals surface area contributed by atoms with Gasteiger partial charge in [0.25, 0.3) is 11.8 Å². The third kappa shape index (κ3) is 5.64. The summed E-state index contributed by atoms with van der Waals surface area (Å²) in [7, 11) is 0. The highest BCUT2D eigenvalue weighted by Crippen LogP contribution is 2.36. The summed E-state index contributed by atoms with van der Waals surface area (Å²) >= 11 is 1.37. The molecule has 4 rings (SSSR count). The maximum Gasteiger partial charge on any atom is 0.269 e. The van der Waals surface area contributed by atoms with E-state index in [1.165, 1.54) is 11.3 Å². The van der Waals surface area contributed by atoms with E-state index in [9.17, 15) is 9.59 Å². The molecule has 2 amide bonds. The highest BCUT2D eigenvalue weighted by molar-refractivity contribution is 7.17. The molecule has 0 atom stereocenters. The fourth-order valence-corrected chi connectivity index (χ4v) is 4.24. The predicted molar refractivity (Wildman–Crippen MR) is 131 cm³/mol. The average molecular weight is 458 g/mol. The number of carbonyl (C=O) groups is 2. The number of pyridine rings is 1. The number of nitrogens with one attached hydrogen (secondary N) is 2. The minimum absolute atomic E-state index is 0.241. The molecule has 0 bridgehead atoms. The Morgan fingerprint density at radius 3 is 2.52 bits per heavy atom. The lowest BCUT2D eigenvalue weighted by atomic mass is 10.2. The van der Waals surface area contributed by atoms with Gasteiger partial charge in [-0.1, -0.05) is 42.5 Å². The van der Waals surface area contributed by atoms with Gasteiger partial charge in [0.15, 0.2) is 0 Å². The van der Waals surface area contributed by atoms with Crippen molar-refractivity contribution in [1.29, 1.82) is 0 Å². The number of carbonyl (C=O) groups excluding carboxylic acids is 2. The summed E-state index contributed by atoms with van der Waals surface area (Å²) in [6.07, 6.45) is 1.68. The predicted octanol–water partition coefficient (Wildman–Crippen LogP) is 5.39. The lowest BCUT2D eigenvalue weighted by Crippen LogP contribution is -2.23. The van der Waals surface area contributed by atoms with Gasteiger partial charge in [-0.2, -0.15) is 0 Å². The molecule has 33 heavy (non-hydrogen) atoms. The second-order valence-electron chi connectivity index (χ2n) is 7.14. The van der Waals surface area contributed by atoms with Crippen LogP contribution in [0.4, 0.5) is 5.69 Å². The molecule has 0 saturated carbocycles. The molecular weight excluding hydrogens is 434 g/mol. The standard InChI is InChI=1S/C26H23N3O3S/c1-2-32-22-16-23(18-9-4-3-5-10-18)33-24(22)26(31)29-20-13-8-11-19(15-20)25(30)28-17-21-12-6-7-14-27-21/h3-16H,2,17H2,1H3,(H,28,30)(H,29,31). The van der Waals surface area contributed by atoms with Gasteiger partial charge in [0, 0.05) is 22.3 Å². The van der Waals surface area contributed by atoms with Crippen molar-refractivity contribution in [2.45, 2.75) is 13.5 Å². The molecule has 0 aliphatic rings. The Hall–Kier alpha value is -3.97. The van der Waals surface area contributed by atoms with Gasteiger partial charge in [-0.3, -0.25) is 14.6 Å². The number of rotatable bonds is 8. The lowest BCUT2D eigenvalue weighted by molar-refractivity contribution is 0.0949. The van der Waals surface area contributed by atoms with E-state index in [0.717, 1.165) is 16.1 Å². The zero-order valence-corrected chi connectivity index (χ0v) is 18.9. The number of nitrogens with zero attached hydrogens (tertiary/aromatic N) is 1. The molecule has 4 aromatic rings. The number of ether oxygens (including phenoxy) is 1. The van der Waals surface area contributed by atoms with Crippen LogP contribution < -0.4 is 15.4 Å². The second-order valence-corrected chi connectivity index (χ2v) is 8.19. The van der Waals surface area contributed by atoms with Crippen LogP contribution in [-0.2, 0) is 6.54 Å². The van der Waals surface area contributed by atoms with Crippen LogP contribution in [0.25, 0.3) is 10.4 Å². The highest BCUT2D eigenvalue weighted by atomic mass is 32.1. The number of benzene rings is 2. The Morgan fingerprint density at radius 1 is 0.939 bits per heavy atom. The van der Waals surface area contributed by atoms with Crippen molar-refractivity contribution in [3.63, 3.8) is 0 Å². The van der Waals surface area contributed by atoms with Crippen molar-refractivity contribution in [3.05, 3.63) is 101 Å². The number of thiophene rings is 1. The summed E-state index contributed by atoms with van der Waals surface area (Å²) in [6.45, 7) is 2.66. The minimum Gasteiger partial charge on any atom is -0.492 e. The van der Waals surface area contributed by atoms with Crippen molar-refractivity contribution in [2.24, 2.45) is 0 Å². The molecule has 2 N–H and O–H groups in total. The molecule has 0 aliphatic heterocycles. The largest absolute Gasteiger partial charge is 0.492 e. The van der Waals surface area contributed by atoms with Gasteiger partial charge in [-0.25, -0.2) is 0 Å². The van der Waals surface area contributed by atoms with E-state index in [1.807, 2.05) is 61.5 Å². The van der Waals surface area contributed by atoms with Crippen molar-refractivity contribution < 1.29 is 14.3 Å². The number of amides is 2. The second kappa shape index (κ2) is 10.6. The molecule has 0 fully saturated rings. The molecule has 2 aromatic carbocycles. The topological polar surface area (TPSA) is 80.3 Å². The Kier molecular flexibility index (Phi) is 7.12. The summed E-state index contributed by atoms with van der Waals surface area (Å²) in [5, 5.41) is 5.73. The fourth-order valence-electron chi connectivity index (χ4n) is 3.24. The van der Waals surface area contributed by atoms with E-state index in [2.05, 4.69) is 15.6 Å². The van der Waals surface area contributed by atoms with Crippen molar-refractivity contribution in [2.75, 3.05) is 11.9 Å². The summed E-state index contributed by atoms with van der Waals surface area (Å²) in [5.41, 5.74) is 2.77. The first kappa shape index (κ1) is 22.2. The van der Waals surface area contributed by atoms with Crippen molar-refractivity contribution in [3.8, 4) is 16.2 Å². The van der Waals surface area contributed by atoms with Gasteiger partial charge in [-0.05, 0) is 48.9 Å². The normalized spacial score (nSPS) is 10.5. The first-order chi connectivity index (χ1) is 16.1. The highest BCUT2D eigenvalue weighted by Gasteiger charge is 2.19. The number of aromatic nitrogens is 1. The van der Waals surface area contributed by atoms with Gasteiger partial charge in [0.2, 0.25) is 0 Å². The molecule has 0 aliphatic carbocycles. The van der Waals surface area contributed by atoms with Gasteiger partial charge < -0.3 is 15.4 Å². The summed E-state index contributed by atoms with van der Waals surface area (Å²) in [4.78, 5) is 31.2. The number of hydrogen-bond acceptors (Lipinski definition) is 5. The first-order valence-electron chi connectivity index (χ1n) is 10.6. The maximum atomic E-state index is 13.1. The Labute approximate surface area is 196 Å². The third-order valence-electron chi connectivity index (χ3n) is 4.80. The SMILES string of the molecule is CCOc1cc(-c2ccccc2)sc1C(=O)Nc1cccc(C(=O)NCc2ccccn2)c1. The van der Waals surface area contributed by atoms with Crippen LogP contribution in [0.1, 0.15) is 32.6 Å². The van der Waals surface area contributed by atoms with Crippen LogP contribution in [0.5, 0.6) is 5.75 Å². The molecule has 6 nitrogen and oxygen atoms in total. The monoisotopic (exact) mass is 457 g/mol. The summed E-state index contributed by atoms with van der Waals surface area (Å²) in [5.74, 6) is 0.0223. The molecule has 2 heterocycles. The van der Waals surface area contributed by atoms with Crippen molar-refractivity contribution >= 4 is 28.8 Å². The molecule has 166 valence electrons. The van der Waals surface area contributed by atoms with E-state index in [-0.39, 0.29) is 11.8 Å². The van der Waals surface area contributed by atoms with Crippen LogP contribution >= 0.6 is 11.3 Å². The van der Waals surface area contributed by atoms with Gasteiger partial charge >= 0.3 is 0 Å². The minimum atomic E-state index is -0.281. The quantitative estimate of drug-likeness (QED) is 0.372. The molecule has 0 saturated heterocycles. The Balaban J connectivity index is 1.48.